The van der Waals surface area contributed by atoms with Crippen molar-refractivity contribution in [2.24, 2.45) is 5.41 Å². The summed E-state index contributed by atoms with van der Waals surface area (Å²) in [5.41, 5.74) is 5.85. The van der Waals surface area contributed by atoms with Crippen LogP contribution in [-0.4, -0.2) is 110 Å². The number of fused-ring (bicyclic) bond motifs is 1. The Labute approximate surface area is 402 Å². The maximum absolute atomic E-state index is 14.1. The lowest BCUT2D eigenvalue weighted by molar-refractivity contribution is -0.384. The van der Waals surface area contributed by atoms with Crippen LogP contribution in [0.15, 0.2) is 102 Å². The van der Waals surface area contributed by atoms with Gasteiger partial charge in [0, 0.05) is 98.5 Å². The quantitative estimate of drug-likeness (QED) is 0.0852. The van der Waals surface area contributed by atoms with E-state index in [0.29, 0.717) is 17.1 Å². The van der Waals surface area contributed by atoms with Crippen molar-refractivity contribution in [2.45, 2.75) is 87.6 Å². The average Bonchev–Trinajstić information content (AvgIpc) is 3.99. The second kappa shape index (κ2) is 19.8. The molecule has 0 radical (unpaired) electrons. The van der Waals surface area contributed by atoms with Crippen molar-refractivity contribution < 1.29 is 27.7 Å². The number of nitro benzene ring substituents is 1. The average molecular weight is 964 g/mol. The van der Waals surface area contributed by atoms with Gasteiger partial charge >= 0.3 is 0 Å². The van der Waals surface area contributed by atoms with E-state index in [1.165, 1.54) is 60.1 Å². The van der Waals surface area contributed by atoms with Crippen LogP contribution >= 0.6 is 11.6 Å². The SMILES string of the molecule is O=C(NS(=O)(=O)c1ccc(NC2CCC(N3CCOCC3)CC2)c([N+](=O)[O-])c1)c1ccc(N2CCN(CC3=C(c4ccc(Cl)cc4)CCC4(CCCC4)C3)CC2)cc1On1ccc2cccnc21. The van der Waals surface area contributed by atoms with Crippen LogP contribution in [0, 0.1) is 15.5 Å². The molecule has 10 rings (SSSR count). The van der Waals surface area contributed by atoms with E-state index in [-0.39, 0.29) is 28.7 Å². The summed E-state index contributed by atoms with van der Waals surface area (Å²) in [6.45, 7) is 7.35. The van der Waals surface area contributed by atoms with Gasteiger partial charge < -0.3 is 19.8 Å². The lowest BCUT2D eigenvalue weighted by atomic mass is 9.69. The van der Waals surface area contributed by atoms with Crippen molar-refractivity contribution >= 4 is 61.2 Å². The van der Waals surface area contributed by atoms with Crippen LogP contribution in [0.25, 0.3) is 16.6 Å². The Kier molecular flexibility index (Phi) is 13.5. The molecular formula is C51H59ClN8O7S. The number of anilines is 2. The van der Waals surface area contributed by atoms with Gasteiger partial charge in [-0.25, -0.2) is 18.1 Å². The molecule has 2 N–H and O–H groups in total. The number of allylic oxidation sites excluding steroid dienone is 1. The summed E-state index contributed by atoms with van der Waals surface area (Å²) in [7, 11) is -4.57. The van der Waals surface area contributed by atoms with E-state index in [4.69, 9.17) is 21.2 Å². The first kappa shape index (κ1) is 46.2. The number of nitrogens with one attached hydrogen (secondary N) is 2. The van der Waals surface area contributed by atoms with Crippen LogP contribution in [0.4, 0.5) is 17.1 Å². The van der Waals surface area contributed by atoms with Crippen molar-refractivity contribution in [1.29, 1.82) is 0 Å². The molecule has 3 aliphatic carbocycles. The molecule has 0 unspecified atom stereocenters. The van der Waals surface area contributed by atoms with E-state index in [2.05, 4.69) is 41.9 Å². The fourth-order valence-electron chi connectivity index (χ4n) is 11.4. The Bertz CT molecular complexity index is 2790. The first-order valence-electron chi connectivity index (χ1n) is 24.1. The van der Waals surface area contributed by atoms with Gasteiger partial charge in [-0.05, 0) is 129 Å². The molecular weight excluding hydrogens is 904 g/mol. The van der Waals surface area contributed by atoms with Crippen molar-refractivity contribution in [1.82, 2.24) is 24.2 Å². The van der Waals surface area contributed by atoms with Gasteiger partial charge in [-0.1, -0.05) is 42.1 Å². The molecule has 68 heavy (non-hydrogen) atoms. The number of benzene rings is 3. The smallest absolute Gasteiger partial charge is 0.293 e. The van der Waals surface area contributed by atoms with Crippen LogP contribution in [0.5, 0.6) is 5.75 Å². The number of aromatic nitrogens is 2. The second-order valence-corrected chi connectivity index (χ2v) is 21.4. The molecule has 0 atom stereocenters. The van der Waals surface area contributed by atoms with Gasteiger partial charge in [0.25, 0.3) is 21.6 Å². The van der Waals surface area contributed by atoms with Gasteiger partial charge in [0.2, 0.25) is 0 Å². The molecule has 4 fully saturated rings. The fourth-order valence-corrected chi connectivity index (χ4v) is 12.5. The first-order chi connectivity index (χ1) is 33.0. The van der Waals surface area contributed by atoms with E-state index in [1.54, 1.807) is 30.1 Å². The zero-order chi connectivity index (χ0) is 46.8. The number of pyridine rings is 1. The summed E-state index contributed by atoms with van der Waals surface area (Å²) in [6.07, 6.45) is 15.6. The second-order valence-electron chi connectivity index (χ2n) is 19.2. The van der Waals surface area contributed by atoms with E-state index in [0.717, 1.165) is 120 Å². The minimum atomic E-state index is -4.57. The summed E-state index contributed by atoms with van der Waals surface area (Å²) in [5.74, 6) is -0.823. The number of halogens is 1. The van der Waals surface area contributed by atoms with Crippen molar-refractivity contribution in [3.63, 3.8) is 0 Å². The highest BCUT2D eigenvalue weighted by atomic mass is 35.5. The van der Waals surface area contributed by atoms with E-state index in [1.807, 2.05) is 36.4 Å². The lowest BCUT2D eigenvalue weighted by Crippen LogP contribution is -2.47. The molecule has 0 bridgehead atoms. The number of nitro groups is 1. The Morgan fingerprint density at radius 1 is 0.912 bits per heavy atom. The molecule has 2 aliphatic heterocycles. The third-order valence-corrected chi connectivity index (χ3v) is 16.7. The van der Waals surface area contributed by atoms with E-state index in [9.17, 15) is 23.3 Å². The van der Waals surface area contributed by atoms with E-state index >= 15 is 0 Å². The summed E-state index contributed by atoms with van der Waals surface area (Å²) < 4.78 is 36.9. The maximum Gasteiger partial charge on any atom is 0.293 e. The molecule has 4 heterocycles. The Balaban J connectivity index is 0.849. The highest BCUT2D eigenvalue weighted by molar-refractivity contribution is 7.90. The number of piperazine rings is 1. The molecule has 2 saturated heterocycles. The number of hydrogen-bond donors (Lipinski definition) is 2. The lowest BCUT2D eigenvalue weighted by Gasteiger charge is -2.41. The number of sulfonamides is 1. The number of carbonyl (C=O) groups is 1. The molecule has 358 valence electrons. The molecule has 2 aromatic heterocycles. The molecule has 1 spiro atoms. The number of ether oxygens (including phenoxy) is 1. The van der Waals surface area contributed by atoms with Gasteiger partial charge in [-0.3, -0.25) is 24.7 Å². The van der Waals surface area contributed by atoms with Crippen LogP contribution in [0.3, 0.4) is 0 Å². The molecule has 2 saturated carbocycles. The minimum Gasteiger partial charge on any atom is -0.379 e. The van der Waals surface area contributed by atoms with E-state index < -0.39 is 25.7 Å². The number of rotatable bonds is 13. The predicted octanol–water partition coefficient (Wildman–Crippen LogP) is 8.93. The maximum atomic E-state index is 14.1. The highest BCUT2D eigenvalue weighted by Gasteiger charge is 2.39. The third kappa shape index (κ3) is 10.1. The number of morpholine rings is 1. The Morgan fingerprint density at radius 2 is 1.68 bits per heavy atom. The van der Waals surface area contributed by atoms with Crippen molar-refractivity contribution in [2.75, 3.05) is 69.2 Å². The van der Waals surface area contributed by atoms with Crippen LogP contribution < -0.4 is 19.8 Å². The summed E-state index contributed by atoms with van der Waals surface area (Å²) in [6, 6.07) is 23.2. The van der Waals surface area contributed by atoms with Gasteiger partial charge in [0.15, 0.2) is 11.4 Å². The van der Waals surface area contributed by atoms with Gasteiger partial charge in [0.1, 0.15) is 5.69 Å². The molecule has 5 aromatic rings. The van der Waals surface area contributed by atoms with Crippen LogP contribution in [0.2, 0.25) is 5.02 Å². The standard InChI is InChI=1S/C51H59ClN8O7S/c52-39-7-5-36(6-8-39)44-17-21-51(19-1-2-20-51)34-38(44)35-56-24-26-57(27-25-56)42-13-15-45(48(32-42)67-59-23-18-37-4-3-22-53-49(37)59)50(61)55-68(64,65)43-14-16-46(47(33-43)60(62)63)54-40-9-11-41(12-10-40)58-28-30-66-31-29-58/h3-8,13-16,18,22-23,32-33,40-41,54H,1-2,9-12,17,19-21,24-31,34-35H2,(H,55,61). The summed E-state index contributed by atoms with van der Waals surface area (Å²) >= 11 is 6.30. The van der Waals surface area contributed by atoms with Gasteiger partial charge in [-0.2, -0.15) is 4.73 Å². The number of hydrogen-bond acceptors (Lipinski definition) is 12. The zero-order valence-corrected chi connectivity index (χ0v) is 39.9. The topological polar surface area (TPSA) is 164 Å². The number of nitrogens with zero attached hydrogens (tertiary/aromatic N) is 6. The molecule has 3 aromatic carbocycles. The van der Waals surface area contributed by atoms with Crippen molar-refractivity contribution in [3.8, 4) is 5.75 Å². The fraction of sp³-hybridized carbons (Fsp3) is 0.451. The summed E-state index contributed by atoms with van der Waals surface area (Å²) in [4.78, 5) is 43.6. The zero-order valence-electron chi connectivity index (χ0n) is 38.3. The third-order valence-electron chi connectivity index (χ3n) is 15.1. The summed E-state index contributed by atoms with van der Waals surface area (Å²) in [5, 5.41) is 17.2. The van der Waals surface area contributed by atoms with Crippen LogP contribution in [-0.2, 0) is 14.8 Å². The van der Waals surface area contributed by atoms with Gasteiger partial charge in [0.05, 0.1) is 28.6 Å². The monoisotopic (exact) mass is 962 g/mol. The van der Waals surface area contributed by atoms with Crippen LogP contribution in [0.1, 0.15) is 86.6 Å². The molecule has 17 heteroatoms. The largest absolute Gasteiger partial charge is 0.379 e. The predicted molar refractivity (Wildman–Crippen MR) is 264 cm³/mol. The number of amides is 1. The van der Waals surface area contributed by atoms with Gasteiger partial charge in [-0.15, -0.1) is 0 Å². The highest BCUT2D eigenvalue weighted by Crippen LogP contribution is 2.52. The number of carbonyl (C=O) groups excluding carboxylic acids is 1. The molecule has 1 amide bonds. The molecule has 15 nitrogen and oxygen atoms in total. The Hall–Kier alpha value is -5.52. The first-order valence-corrected chi connectivity index (χ1v) is 26.0. The minimum absolute atomic E-state index is 0.00314. The van der Waals surface area contributed by atoms with Crippen molar-refractivity contribution in [3.05, 3.63) is 123 Å². The Morgan fingerprint density at radius 3 is 2.43 bits per heavy atom. The normalized spacial score (nSPS) is 21.6. The molecule has 5 aliphatic rings.